The third-order valence-electron chi connectivity index (χ3n) is 4.41. The smallest absolute Gasteiger partial charge is 0.188 e. The van der Waals surface area contributed by atoms with Gasteiger partial charge in [-0.15, -0.1) is 44.6 Å². The SMILES string of the molecule is Cc1csc(Nc2ncc(SCc3nnc(C4CC4)s3)cc2Oc2ccccc2)n1. The van der Waals surface area contributed by atoms with E-state index in [1.165, 1.54) is 17.8 Å². The van der Waals surface area contributed by atoms with Gasteiger partial charge in [-0.3, -0.25) is 0 Å². The van der Waals surface area contributed by atoms with Gasteiger partial charge in [-0.25, -0.2) is 9.97 Å². The van der Waals surface area contributed by atoms with Gasteiger partial charge in [-0.2, -0.15) is 0 Å². The van der Waals surface area contributed by atoms with Crippen LogP contribution in [0, 0.1) is 6.92 Å². The van der Waals surface area contributed by atoms with E-state index in [-0.39, 0.29) is 0 Å². The summed E-state index contributed by atoms with van der Waals surface area (Å²) < 4.78 is 6.14. The predicted molar refractivity (Wildman–Crippen MR) is 122 cm³/mol. The first kappa shape index (κ1) is 19.5. The largest absolute Gasteiger partial charge is 0.453 e. The number of pyridine rings is 1. The number of hydrogen-bond donors (Lipinski definition) is 1. The highest BCUT2D eigenvalue weighted by atomic mass is 32.2. The number of aromatic nitrogens is 4. The lowest BCUT2D eigenvalue weighted by Crippen LogP contribution is -1.97. The van der Waals surface area contributed by atoms with Gasteiger partial charge in [0.25, 0.3) is 0 Å². The third-order valence-corrected chi connectivity index (χ3v) is 7.53. The van der Waals surface area contributed by atoms with Crippen LogP contribution in [-0.4, -0.2) is 20.2 Å². The van der Waals surface area contributed by atoms with Crippen molar-refractivity contribution in [1.82, 2.24) is 20.2 Å². The van der Waals surface area contributed by atoms with Crippen LogP contribution in [0.25, 0.3) is 0 Å². The molecule has 0 amide bonds. The molecule has 6 nitrogen and oxygen atoms in total. The summed E-state index contributed by atoms with van der Waals surface area (Å²) in [5.74, 6) is 3.49. The number of hydrogen-bond acceptors (Lipinski definition) is 9. The molecule has 1 aliphatic carbocycles. The fourth-order valence-corrected chi connectivity index (χ4v) is 5.34. The van der Waals surface area contributed by atoms with Crippen LogP contribution in [0.5, 0.6) is 11.5 Å². The van der Waals surface area contributed by atoms with E-state index in [9.17, 15) is 0 Å². The number of nitrogens with zero attached hydrogens (tertiary/aromatic N) is 4. The van der Waals surface area contributed by atoms with Crippen LogP contribution < -0.4 is 10.1 Å². The van der Waals surface area contributed by atoms with Gasteiger partial charge in [0.15, 0.2) is 16.7 Å². The van der Waals surface area contributed by atoms with Gasteiger partial charge in [0.2, 0.25) is 0 Å². The molecule has 3 heterocycles. The first-order chi connectivity index (χ1) is 14.7. The minimum Gasteiger partial charge on any atom is -0.453 e. The zero-order valence-corrected chi connectivity index (χ0v) is 18.7. The summed E-state index contributed by atoms with van der Waals surface area (Å²) in [5, 5.41) is 17.0. The molecule has 0 bridgehead atoms. The van der Waals surface area contributed by atoms with Crippen molar-refractivity contribution in [2.75, 3.05) is 5.32 Å². The van der Waals surface area contributed by atoms with Gasteiger partial charge in [-0.05, 0) is 38.0 Å². The van der Waals surface area contributed by atoms with Gasteiger partial charge in [-0.1, -0.05) is 18.2 Å². The zero-order valence-electron chi connectivity index (χ0n) is 16.2. The Labute approximate surface area is 186 Å². The van der Waals surface area contributed by atoms with Gasteiger partial charge in [0.05, 0.1) is 11.4 Å². The van der Waals surface area contributed by atoms with Crippen molar-refractivity contribution in [3.8, 4) is 11.5 Å². The van der Waals surface area contributed by atoms with Gasteiger partial charge in [0.1, 0.15) is 15.8 Å². The average Bonchev–Trinajstić information content (AvgIpc) is 3.36. The molecule has 3 aromatic heterocycles. The number of ether oxygens (including phenoxy) is 1. The number of para-hydroxylation sites is 1. The minimum atomic E-state index is 0.643. The molecule has 0 saturated heterocycles. The second kappa shape index (κ2) is 8.71. The summed E-state index contributed by atoms with van der Waals surface area (Å²) in [6, 6.07) is 11.7. The minimum absolute atomic E-state index is 0.643. The molecule has 0 radical (unpaired) electrons. The van der Waals surface area contributed by atoms with Crippen LogP contribution in [0.3, 0.4) is 0 Å². The van der Waals surface area contributed by atoms with Crippen molar-refractivity contribution < 1.29 is 4.74 Å². The number of nitrogens with one attached hydrogen (secondary N) is 1. The lowest BCUT2D eigenvalue weighted by Gasteiger charge is -2.12. The van der Waals surface area contributed by atoms with Crippen molar-refractivity contribution in [2.45, 2.75) is 36.3 Å². The van der Waals surface area contributed by atoms with E-state index in [4.69, 9.17) is 4.74 Å². The van der Waals surface area contributed by atoms with Crippen molar-refractivity contribution in [3.63, 3.8) is 0 Å². The van der Waals surface area contributed by atoms with Crippen LogP contribution >= 0.6 is 34.4 Å². The van der Waals surface area contributed by atoms with Crippen LogP contribution in [0.15, 0.2) is 52.9 Å². The molecule has 152 valence electrons. The second-order valence-electron chi connectivity index (χ2n) is 6.95. The molecule has 0 unspecified atom stereocenters. The summed E-state index contributed by atoms with van der Waals surface area (Å²) in [5.41, 5.74) is 0.975. The fourth-order valence-electron chi connectivity index (χ4n) is 2.77. The molecule has 5 rings (SSSR count). The Morgan fingerprint density at radius 2 is 2.07 bits per heavy atom. The number of rotatable bonds is 8. The highest BCUT2D eigenvalue weighted by Crippen LogP contribution is 2.42. The van der Waals surface area contributed by atoms with Crippen LogP contribution in [0.4, 0.5) is 10.9 Å². The molecule has 1 aromatic carbocycles. The van der Waals surface area contributed by atoms with E-state index in [1.807, 2.05) is 54.9 Å². The molecule has 0 aliphatic heterocycles. The molecule has 1 N–H and O–H groups in total. The van der Waals surface area contributed by atoms with Crippen LogP contribution in [0.2, 0.25) is 0 Å². The summed E-state index contributed by atoms with van der Waals surface area (Å²) >= 11 is 4.95. The average molecular weight is 454 g/mol. The predicted octanol–water partition coefficient (Wildman–Crippen LogP) is 6.40. The Hall–Kier alpha value is -2.49. The van der Waals surface area contributed by atoms with E-state index in [2.05, 4.69) is 25.5 Å². The molecule has 4 aromatic rings. The van der Waals surface area contributed by atoms with Crippen molar-refractivity contribution >= 4 is 45.4 Å². The maximum Gasteiger partial charge on any atom is 0.188 e. The molecule has 1 aliphatic rings. The van der Waals surface area contributed by atoms with E-state index in [1.54, 1.807) is 34.4 Å². The van der Waals surface area contributed by atoms with Crippen LogP contribution in [-0.2, 0) is 5.75 Å². The van der Waals surface area contributed by atoms with E-state index >= 15 is 0 Å². The molecular formula is C21H19N5OS3. The number of aryl methyl sites for hydroxylation is 1. The van der Waals surface area contributed by atoms with Gasteiger partial charge in [0, 0.05) is 22.4 Å². The maximum atomic E-state index is 6.14. The fraction of sp³-hybridized carbons (Fsp3) is 0.238. The Kier molecular flexibility index (Phi) is 5.65. The van der Waals surface area contributed by atoms with Gasteiger partial charge < -0.3 is 10.1 Å². The van der Waals surface area contributed by atoms with Crippen molar-refractivity contribution in [3.05, 3.63) is 63.7 Å². The Bertz CT molecular complexity index is 1140. The Balaban J connectivity index is 1.35. The molecule has 30 heavy (non-hydrogen) atoms. The lowest BCUT2D eigenvalue weighted by molar-refractivity contribution is 0.481. The maximum absolute atomic E-state index is 6.14. The summed E-state index contributed by atoms with van der Waals surface area (Å²) in [6.07, 6.45) is 4.35. The number of benzene rings is 1. The quantitative estimate of drug-likeness (QED) is 0.309. The van der Waals surface area contributed by atoms with Gasteiger partial charge >= 0.3 is 0 Å². The lowest BCUT2D eigenvalue weighted by atomic mass is 10.3. The van der Waals surface area contributed by atoms with Crippen LogP contribution in [0.1, 0.15) is 34.5 Å². The molecule has 9 heteroatoms. The number of anilines is 2. The Morgan fingerprint density at radius 1 is 1.20 bits per heavy atom. The molecule has 0 atom stereocenters. The molecule has 1 saturated carbocycles. The molecule has 1 fully saturated rings. The van der Waals surface area contributed by atoms with Crippen molar-refractivity contribution in [2.24, 2.45) is 0 Å². The molecular weight excluding hydrogens is 434 g/mol. The van der Waals surface area contributed by atoms with E-state index < -0.39 is 0 Å². The third kappa shape index (κ3) is 4.80. The molecule has 0 spiro atoms. The topological polar surface area (TPSA) is 72.8 Å². The zero-order chi connectivity index (χ0) is 20.3. The summed E-state index contributed by atoms with van der Waals surface area (Å²) in [4.78, 5) is 10.1. The summed E-state index contributed by atoms with van der Waals surface area (Å²) in [6.45, 7) is 1.97. The van der Waals surface area contributed by atoms with E-state index in [0.29, 0.717) is 17.5 Å². The van der Waals surface area contributed by atoms with Crippen molar-refractivity contribution in [1.29, 1.82) is 0 Å². The first-order valence-electron chi connectivity index (χ1n) is 9.60. The first-order valence-corrected chi connectivity index (χ1v) is 12.3. The number of thiazole rings is 1. The highest BCUT2D eigenvalue weighted by Gasteiger charge is 2.27. The second-order valence-corrected chi connectivity index (χ2v) is 9.95. The highest BCUT2D eigenvalue weighted by molar-refractivity contribution is 7.98. The standard InChI is InChI=1S/C21H19N5OS3/c1-13-11-29-21(23-13)24-19-17(27-15-5-3-2-4-6-15)9-16(10-22-19)28-12-18-25-26-20(30-18)14-7-8-14/h2-6,9-11,14H,7-8,12H2,1H3,(H,22,23,24). The normalized spacial score (nSPS) is 13.4. The van der Waals surface area contributed by atoms with E-state index in [0.717, 1.165) is 32.2 Å². The Morgan fingerprint density at radius 3 is 2.83 bits per heavy atom. The summed E-state index contributed by atoms with van der Waals surface area (Å²) in [7, 11) is 0. The number of thioether (sulfide) groups is 1. The monoisotopic (exact) mass is 453 g/mol.